The van der Waals surface area contributed by atoms with E-state index in [0.717, 1.165) is 24.3 Å². The Morgan fingerprint density at radius 2 is 2.05 bits per heavy atom. The quantitative estimate of drug-likeness (QED) is 0.695. The van der Waals surface area contributed by atoms with Crippen LogP contribution in [0.25, 0.3) is 0 Å². The lowest BCUT2D eigenvalue weighted by molar-refractivity contribution is -0.384. The van der Waals surface area contributed by atoms with Crippen molar-refractivity contribution in [3.05, 3.63) is 69.3 Å². The van der Waals surface area contributed by atoms with E-state index in [-0.39, 0.29) is 16.7 Å². The average molecular weight is 298 g/mol. The topological polar surface area (TPSA) is 64.4 Å². The fraction of sp³-hybridized carbons (Fsp3) is 0.294. The van der Waals surface area contributed by atoms with Crippen molar-refractivity contribution in [1.29, 1.82) is 0 Å². The Hall–Kier alpha value is -2.40. The standard InChI is InChI=1S/C17H18N2O3/c1-2-22-15-7-8-16-13(11-15)9-10-18-17(16)12-3-5-14(6-4-12)19(20)21/h3-8,11,17-18H,2,9-10H2,1H3. The third kappa shape index (κ3) is 2.80. The molecule has 22 heavy (non-hydrogen) atoms. The van der Waals surface area contributed by atoms with Gasteiger partial charge in [-0.1, -0.05) is 18.2 Å². The Labute approximate surface area is 129 Å². The highest BCUT2D eigenvalue weighted by Crippen LogP contribution is 2.31. The lowest BCUT2D eigenvalue weighted by atomic mass is 9.89. The number of nitro benzene ring substituents is 1. The Bertz CT molecular complexity index is 683. The predicted molar refractivity (Wildman–Crippen MR) is 84.3 cm³/mol. The molecular formula is C17H18N2O3. The van der Waals surface area contributed by atoms with Gasteiger partial charge >= 0.3 is 0 Å². The molecule has 2 aromatic carbocycles. The first kappa shape index (κ1) is 14.5. The van der Waals surface area contributed by atoms with Crippen LogP contribution < -0.4 is 10.1 Å². The smallest absolute Gasteiger partial charge is 0.269 e. The van der Waals surface area contributed by atoms with Crippen LogP contribution in [0.5, 0.6) is 5.75 Å². The average Bonchev–Trinajstić information content (AvgIpc) is 2.54. The number of nitro groups is 1. The second kappa shape index (κ2) is 6.15. The summed E-state index contributed by atoms with van der Waals surface area (Å²) >= 11 is 0. The van der Waals surface area contributed by atoms with Crippen LogP contribution >= 0.6 is 0 Å². The number of ether oxygens (including phenoxy) is 1. The predicted octanol–water partition coefficient (Wildman–Crippen LogP) is 3.23. The highest BCUT2D eigenvalue weighted by Gasteiger charge is 2.22. The molecule has 0 bridgehead atoms. The van der Waals surface area contributed by atoms with Crippen LogP contribution in [0.2, 0.25) is 0 Å². The Morgan fingerprint density at radius 1 is 1.27 bits per heavy atom. The monoisotopic (exact) mass is 298 g/mol. The number of hydrogen-bond donors (Lipinski definition) is 1. The van der Waals surface area contributed by atoms with Crippen molar-refractivity contribution in [1.82, 2.24) is 5.32 Å². The molecule has 1 aliphatic heterocycles. The molecule has 114 valence electrons. The molecule has 1 N–H and O–H groups in total. The lowest BCUT2D eigenvalue weighted by Gasteiger charge is -2.27. The van der Waals surface area contributed by atoms with Gasteiger partial charge in [0.2, 0.25) is 0 Å². The molecule has 1 unspecified atom stereocenters. The van der Waals surface area contributed by atoms with Crippen molar-refractivity contribution in [2.75, 3.05) is 13.2 Å². The van der Waals surface area contributed by atoms with Gasteiger partial charge in [-0.25, -0.2) is 0 Å². The summed E-state index contributed by atoms with van der Waals surface area (Å²) in [5.41, 5.74) is 3.64. The van der Waals surface area contributed by atoms with Gasteiger partial charge < -0.3 is 10.1 Å². The highest BCUT2D eigenvalue weighted by molar-refractivity contribution is 5.45. The molecule has 1 heterocycles. The van der Waals surface area contributed by atoms with Gasteiger partial charge in [0.05, 0.1) is 17.6 Å². The third-order valence-electron chi connectivity index (χ3n) is 3.92. The molecule has 0 saturated carbocycles. The summed E-state index contributed by atoms with van der Waals surface area (Å²) in [4.78, 5) is 10.4. The molecule has 0 aliphatic carbocycles. The second-order valence-corrected chi connectivity index (χ2v) is 5.28. The largest absolute Gasteiger partial charge is 0.494 e. The number of nitrogens with one attached hydrogen (secondary N) is 1. The van der Waals surface area contributed by atoms with Crippen molar-refractivity contribution >= 4 is 5.69 Å². The fourth-order valence-electron chi connectivity index (χ4n) is 2.88. The van der Waals surface area contributed by atoms with Crippen molar-refractivity contribution in [3.63, 3.8) is 0 Å². The number of rotatable bonds is 4. The zero-order valence-electron chi connectivity index (χ0n) is 12.4. The van der Waals surface area contributed by atoms with Gasteiger partial charge in [0, 0.05) is 18.7 Å². The van der Waals surface area contributed by atoms with Gasteiger partial charge in [-0.15, -0.1) is 0 Å². The zero-order valence-corrected chi connectivity index (χ0v) is 12.4. The zero-order chi connectivity index (χ0) is 15.5. The van der Waals surface area contributed by atoms with Crippen LogP contribution in [0.1, 0.15) is 29.7 Å². The first-order chi connectivity index (χ1) is 10.7. The maximum atomic E-state index is 10.8. The maximum Gasteiger partial charge on any atom is 0.269 e. The molecule has 5 nitrogen and oxygen atoms in total. The summed E-state index contributed by atoms with van der Waals surface area (Å²) < 4.78 is 5.56. The van der Waals surface area contributed by atoms with Gasteiger partial charge in [-0.2, -0.15) is 0 Å². The van der Waals surface area contributed by atoms with Crippen LogP contribution in [0.4, 0.5) is 5.69 Å². The molecule has 1 aliphatic rings. The molecule has 0 saturated heterocycles. The van der Waals surface area contributed by atoms with E-state index in [1.807, 2.05) is 25.1 Å². The first-order valence-corrected chi connectivity index (χ1v) is 7.42. The van der Waals surface area contributed by atoms with Gasteiger partial charge in [0.1, 0.15) is 5.75 Å². The van der Waals surface area contributed by atoms with Gasteiger partial charge in [-0.05, 0) is 42.2 Å². The van der Waals surface area contributed by atoms with Crippen LogP contribution in [0, 0.1) is 10.1 Å². The SMILES string of the molecule is CCOc1ccc2c(c1)CCNC2c1ccc([N+](=O)[O-])cc1. The van der Waals surface area contributed by atoms with Gasteiger partial charge in [0.15, 0.2) is 0 Å². The fourth-order valence-corrected chi connectivity index (χ4v) is 2.88. The van der Waals surface area contributed by atoms with E-state index in [1.54, 1.807) is 12.1 Å². The maximum absolute atomic E-state index is 10.8. The second-order valence-electron chi connectivity index (χ2n) is 5.28. The highest BCUT2D eigenvalue weighted by atomic mass is 16.6. The molecule has 0 spiro atoms. The van der Waals surface area contributed by atoms with Crippen molar-refractivity contribution in [3.8, 4) is 5.75 Å². The number of benzene rings is 2. The number of fused-ring (bicyclic) bond motifs is 1. The molecule has 0 amide bonds. The molecule has 5 heteroatoms. The first-order valence-electron chi connectivity index (χ1n) is 7.42. The van der Waals surface area contributed by atoms with E-state index in [0.29, 0.717) is 6.61 Å². The number of nitrogens with zero attached hydrogens (tertiary/aromatic N) is 1. The molecule has 2 aromatic rings. The van der Waals surface area contributed by atoms with Crippen molar-refractivity contribution in [2.24, 2.45) is 0 Å². The summed E-state index contributed by atoms with van der Waals surface area (Å²) in [7, 11) is 0. The minimum atomic E-state index is -0.375. The summed E-state index contributed by atoms with van der Waals surface area (Å²) in [6, 6.07) is 13.0. The van der Waals surface area contributed by atoms with Gasteiger partial charge in [0.25, 0.3) is 5.69 Å². The summed E-state index contributed by atoms with van der Waals surface area (Å²) in [6.45, 7) is 3.51. The lowest BCUT2D eigenvalue weighted by Crippen LogP contribution is -2.30. The van der Waals surface area contributed by atoms with E-state index in [1.165, 1.54) is 11.1 Å². The number of hydrogen-bond acceptors (Lipinski definition) is 4. The van der Waals surface area contributed by atoms with E-state index in [9.17, 15) is 10.1 Å². The molecule has 0 radical (unpaired) electrons. The third-order valence-corrected chi connectivity index (χ3v) is 3.92. The molecule has 3 rings (SSSR count). The Kier molecular flexibility index (Phi) is 4.06. The minimum absolute atomic E-state index is 0.0697. The number of non-ortho nitro benzene ring substituents is 1. The molecule has 1 atom stereocenters. The van der Waals surface area contributed by atoms with Crippen LogP contribution in [0.3, 0.4) is 0 Å². The Balaban J connectivity index is 1.92. The van der Waals surface area contributed by atoms with Crippen molar-refractivity contribution in [2.45, 2.75) is 19.4 Å². The van der Waals surface area contributed by atoms with E-state index < -0.39 is 0 Å². The van der Waals surface area contributed by atoms with Crippen molar-refractivity contribution < 1.29 is 9.66 Å². The van der Waals surface area contributed by atoms with E-state index in [2.05, 4.69) is 17.4 Å². The van der Waals surface area contributed by atoms with E-state index >= 15 is 0 Å². The summed E-state index contributed by atoms with van der Waals surface area (Å²) in [5, 5.41) is 14.2. The van der Waals surface area contributed by atoms with Gasteiger partial charge in [-0.3, -0.25) is 10.1 Å². The minimum Gasteiger partial charge on any atom is -0.494 e. The molecule has 0 aromatic heterocycles. The van der Waals surface area contributed by atoms with Crippen LogP contribution in [-0.4, -0.2) is 18.1 Å². The molecule has 0 fully saturated rings. The molecular weight excluding hydrogens is 280 g/mol. The van der Waals surface area contributed by atoms with Crippen LogP contribution in [0.15, 0.2) is 42.5 Å². The van der Waals surface area contributed by atoms with E-state index in [4.69, 9.17) is 4.74 Å². The summed E-state index contributed by atoms with van der Waals surface area (Å²) in [5.74, 6) is 0.894. The summed E-state index contributed by atoms with van der Waals surface area (Å²) in [6.07, 6.45) is 0.958. The normalized spacial score (nSPS) is 16.9. The van der Waals surface area contributed by atoms with Crippen LogP contribution in [-0.2, 0) is 6.42 Å². The Morgan fingerprint density at radius 3 is 2.73 bits per heavy atom.